The molecular weight excluding hydrogens is 766 g/mol. The van der Waals surface area contributed by atoms with Crippen LogP contribution in [0, 0.1) is 0 Å². The maximum absolute atomic E-state index is 12.7. The van der Waals surface area contributed by atoms with Gasteiger partial charge < -0.3 is 33.0 Å². The van der Waals surface area contributed by atoms with Crippen LogP contribution in [-0.4, -0.2) is 81.2 Å². The predicted molar refractivity (Wildman–Crippen MR) is 242 cm³/mol. The molecule has 0 radical (unpaired) electrons. The van der Waals surface area contributed by atoms with Gasteiger partial charge in [0.25, 0.3) is 7.82 Å². The molecule has 0 spiro atoms. The van der Waals surface area contributed by atoms with Gasteiger partial charge in [0, 0.05) is 12.8 Å². The first kappa shape index (κ1) is 56.7. The third-order valence-corrected chi connectivity index (χ3v) is 10.6. The number of carbonyl (C=O) groups is 2. The molecule has 0 heterocycles. The van der Waals surface area contributed by atoms with Gasteiger partial charge in [0.1, 0.15) is 19.8 Å². The average molecular weight is 852 g/mol. The Morgan fingerprint density at radius 2 is 1.15 bits per heavy atom. The topological polar surface area (TPSA) is 131 Å². The van der Waals surface area contributed by atoms with Gasteiger partial charge in [-0.1, -0.05) is 152 Å². The first-order chi connectivity index (χ1) is 28.4. The van der Waals surface area contributed by atoms with Crippen LogP contribution in [0.1, 0.15) is 174 Å². The second-order valence-corrected chi connectivity index (χ2v) is 18.0. The fourth-order valence-electron chi connectivity index (χ4n) is 5.90. The number of ether oxygens (including phenoxy) is 2. The summed E-state index contributed by atoms with van der Waals surface area (Å²) in [5, 5.41) is 10.1. The molecule has 0 saturated heterocycles. The first-order valence-electron chi connectivity index (χ1n) is 23.1. The van der Waals surface area contributed by atoms with E-state index in [9.17, 15) is 24.2 Å². The van der Waals surface area contributed by atoms with E-state index in [1.165, 1.54) is 83.5 Å². The van der Waals surface area contributed by atoms with Crippen LogP contribution in [0.3, 0.4) is 0 Å². The van der Waals surface area contributed by atoms with Gasteiger partial charge in [0.2, 0.25) is 0 Å². The van der Waals surface area contributed by atoms with E-state index in [1.807, 2.05) is 57.6 Å². The lowest BCUT2D eigenvalue weighted by atomic mass is 10.1. The molecule has 0 aromatic rings. The Morgan fingerprint density at radius 3 is 1.80 bits per heavy atom. The molecule has 342 valence electrons. The number of hydrogen-bond donors (Lipinski definition) is 1. The van der Waals surface area contributed by atoms with Crippen LogP contribution in [0.2, 0.25) is 0 Å². The number of hydrogen-bond acceptors (Lipinski definition) is 9. The van der Waals surface area contributed by atoms with Crippen LogP contribution in [0.15, 0.2) is 60.8 Å². The molecule has 0 aromatic carbocycles. The van der Waals surface area contributed by atoms with Crippen molar-refractivity contribution in [3.63, 3.8) is 0 Å². The lowest BCUT2D eigenvalue weighted by Crippen LogP contribution is -2.37. The maximum Gasteiger partial charge on any atom is 0.306 e. The Hall–Kier alpha value is -2.33. The number of phosphoric ester groups is 1. The number of phosphoric acid groups is 1. The minimum atomic E-state index is -4.66. The van der Waals surface area contributed by atoms with Gasteiger partial charge in [0.05, 0.1) is 33.9 Å². The van der Waals surface area contributed by atoms with Crippen LogP contribution in [-0.2, 0) is 32.7 Å². The van der Waals surface area contributed by atoms with Crippen LogP contribution in [0.5, 0.6) is 0 Å². The summed E-state index contributed by atoms with van der Waals surface area (Å²) in [7, 11) is 1.08. The molecule has 11 heteroatoms. The molecule has 0 aliphatic heterocycles. The first-order valence-corrected chi connectivity index (χ1v) is 24.6. The lowest BCUT2D eigenvalue weighted by Gasteiger charge is -2.28. The summed E-state index contributed by atoms with van der Waals surface area (Å²) in [6, 6.07) is 0. The molecule has 0 aliphatic carbocycles. The third-order valence-electron chi connectivity index (χ3n) is 9.59. The number of aliphatic hydroxyl groups is 1. The van der Waals surface area contributed by atoms with Gasteiger partial charge in [0.15, 0.2) is 6.10 Å². The summed E-state index contributed by atoms with van der Waals surface area (Å²) < 4.78 is 33.8. The quantitative estimate of drug-likeness (QED) is 0.0159. The molecule has 0 rings (SSSR count). The van der Waals surface area contributed by atoms with Crippen molar-refractivity contribution in [1.82, 2.24) is 0 Å². The largest absolute Gasteiger partial charge is 0.756 e. The Labute approximate surface area is 360 Å². The molecular formula is C48H86NO9P. The zero-order valence-corrected chi connectivity index (χ0v) is 38.9. The van der Waals surface area contributed by atoms with Gasteiger partial charge in [-0.15, -0.1) is 0 Å². The predicted octanol–water partition coefficient (Wildman–Crippen LogP) is 11.6. The molecule has 0 fully saturated rings. The number of esters is 2. The van der Waals surface area contributed by atoms with E-state index in [1.54, 1.807) is 6.08 Å². The second kappa shape index (κ2) is 39.8. The van der Waals surface area contributed by atoms with Gasteiger partial charge in [-0.2, -0.15) is 0 Å². The summed E-state index contributed by atoms with van der Waals surface area (Å²) >= 11 is 0. The number of quaternary nitrogens is 1. The number of carbonyl (C=O) groups excluding carboxylic acids is 2. The SMILES string of the molecule is CCCCC/C=C\C[C@H](O)/C=C/C=C\C/C=C\CCCC(=O)O[C@H](COC(=O)CCCCCCCCC/C=C\CCCCCCCC)COP(=O)([O-])OCC[N+](C)(C)C. The van der Waals surface area contributed by atoms with E-state index in [0.717, 1.165) is 38.5 Å². The highest BCUT2D eigenvalue weighted by molar-refractivity contribution is 7.45. The van der Waals surface area contributed by atoms with Crippen LogP contribution in [0.25, 0.3) is 0 Å². The maximum atomic E-state index is 12.7. The highest BCUT2D eigenvalue weighted by atomic mass is 31.2. The van der Waals surface area contributed by atoms with Crippen molar-refractivity contribution in [2.24, 2.45) is 0 Å². The Morgan fingerprint density at radius 1 is 0.627 bits per heavy atom. The van der Waals surface area contributed by atoms with E-state index in [-0.39, 0.29) is 26.1 Å². The van der Waals surface area contributed by atoms with Crippen molar-refractivity contribution in [2.75, 3.05) is 47.5 Å². The minimum absolute atomic E-state index is 0.0549. The second-order valence-electron chi connectivity index (χ2n) is 16.6. The van der Waals surface area contributed by atoms with Crippen LogP contribution >= 0.6 is 7.82 Å². The zero-order valence-electron chi connectivity index (χ0n) is 38.0. The van der Waals surface area contributed by atoms with Crippen molar-refractivity contribution >= 4 is 19.8 Å². The summed E-state index contributed by atoms with van der Waals surface area (Å²) in [5.74, 6) is -0.946. The van der Waals surface area contributed by atoms with Crippen molar-refractivity contribution in [3.05, 3.63) is 60.8 Å². The molecule has 1 unspecified atom stereocenters. The van der Waals surface area contributed by atoms with Gasteiger partial charge in [-0.25, -0.2) is 0 Å². The van der Waals surface area contributed by atoms with Crippen LogP contribution in [0.4, 0.5) is 0 Å². The van der Waals surface area contributed by atoms with Crippen molar-refractivity contribution in [3.8, 4) is 0 Å². The number of nitrogens with zero attached hydrogens (tertiary/aromatic N) is 1. The Balaban J connectivity index is 4.50. The molecule has 3 atom stereocenters. The van der Waals surface area contributed by atoms with E-state index in [0.29, 0.717) is 36.7 Å². The Kier molecular flexibility index (Phi) is 38.2. The van der Waals surface area contributed by atoms with Gasteiger partial charge in [-0.3, -0.25) is 14.2 Å². The average Bonchev–Trinajstić information content (AvgIpc) is 3.18. The van der Waals surface area contributed by atoms with Crippen molar-refractivity contribution < 1.29 is 47.2 Å². The van der Waals surface area contributed by atoms with E-state index < -0.39 is 38.6 Å². The van der Waals surface area contributed by atoms with Gasteiger partial charge in [-0.05, 0) is 70.6 Å². The highest BCUT2D eigenvalue weighted by Crippen LogP contribution is 2.38. The summed E-state index contributed by atoms with van der Waals surface area (Å²) in [5.41, 5.74) is 0. The summed E-state index contributed by atoms with van der Waals surface area (Å²) in [4.78, 5) is 37.6. The number of allylic oxidation sites excluding steroid dienone is 8. The zero-order chi connectivity index (χ0) is 43.7. The van der Waals surface area contributed by atoms with Crippen LogP contribution < -0.4 is 4.89 Å². The number of likely N-dealkylation sites (N-methyl/N-ethyl adjacent to an activating group) is 1. The highest BCUT2D eigenvalue weighted by Gasteiger charge is 2.21. The van der Waals surface area contributed by atoms with E-state index >= 15 is 0 Å². The fraction of sp³-hybridized carbons (Fsp3) is 0.750. The molecule has 59 heavy (non-hydrogen) atoms. The summed E-state index contributed by atoms with van der Waals surface area (Å²) in [6.07, 6.45) is 44.2. The fourth-order valence-corrected chi connectivity index (χ4v) is 6.63. The smallest absolute Gasteiger partial charge is 0.306 e. The molecule has 0 aliphatic rings. The normalized spacial score (nSPS) is 14.6. The van der Waals surface area contributed by atoms with Crippen molar-refractivity contribution in [1.29, 1.82) is 0 Å². The number of rotatable bonds is 41. The molecule has 0 saturated carbocycles. The monoisotopic (exact) mass is 852 g/mol. The third kappa shape index (κ3) is 43.6. The lowest BCUT2D eigenvalue weighted by molar-refractivity contribution is -0.870. The van der Waals surface area contributed by atoms with Gasteiger partial charge >= 0.3 is 11.9 Å². The molecule has 0 aromatic heterocycles. The molecule has 0 amide bonds. The van der Waals surface area contributed by atoms with Crippen molar-refractivity contribution in [2.45, 2.75) is 187 Å². The summed E-state index contributed by atoms with van der Waals surface area (Å²) in [6.45, 7) is 4.03. The molecule has 1 N–H and O–H groups in total. The minimum Gasteiger partial charge on any atom is -0.756 e. The molecule has 0 bridgehead atoms. The van der Waals surface area contributed by atoms with E-state index in [4.69, 9.17) is 18.5 Å². The number of unbranched alkanes of at least 4 members (excludes halogenated alkanes) is 17. The molecule has 10 nitrogen and oxygen atoms in total. The number of aliphatic hydroxyl groups excluding tert-OH is 1. The Bertz CT molecular complexity index is 1210. The standard InChI is InChI=1S/C48H86NO9P/c1-6-8-10-12-14-15-16-17-18-19-20-21-22-23-27-31-35-39-47(51)55-43-46(44-57-59(53,54)56-42-41-49(3,4)5)58-48(52)40-36-32-28-25-24-26-30-34-38-45(50)37-33-29-13-11-9-7-2/h17-18,25-26,28-30,33-34,38,45-46,50H,6-16,19-24,27,31-32,35-37,39-44H2,1-5H3/b18-17-,28-25-,30-26-,33-29-,38-34+/t45-,46+/m0/s1. The van der Waals surface area contributed by atoms with E-state index in [2.05, 4.69) is 32.1 Å².